The third-order valence-corrected chi connectivity index (χ3v) is 5.58. The highest BCUT2D eigenvalue weighted by Gasteiger charge is 2.23. The van der Waals surface area contributed by atoms with Crippen molar-refractivity contribution in [3.05, 3.63) is 50.0 Å². The average Bonchev–Trinajstić information content (AvgIpc) is 2.97. The molecule has 5 nitrogen and oxygen atoms in total. The Morgan fingerprint density at radius 2 is 1.92 bits per heavy atom. The lowest BCUT2D eigenvalue weighted by Crippen LogP contribution is -2.17. The largest absolute Gasteiger partial charge is 0.451 e. The van der Waals surface area contributed by atoms with Crippen LogP contribution in [-0.2, 0) is 0 Å². The minimum Gasteiger partial charge on any atom is -0.451 e. The molecule has 0 bridgehead atoms. The van der Waals surface area contributed by atoms with Gasteiger partial charge in [-0.25, -0.2) is 0 Å². The van der Waals surface area contributed by atoms with Gasteiger partial charge in [-0.2, -0.15) is 0 Å². The Bertz CT molecular complexity index is 988. The van der Waals surface area contributed by atoms with Gasteiger partial charge in [-0.1, -0.05) is 15.9 Å². The van der Waals surface area contributed by atoms with Crippen LogP contribution in [-0.4, -0.2) is 11.8 Å². The van der Waals surface area contributed by atoms with E-state index in [1.807, 2.05) is 32.9 Å². The van der Waals surface area contributed by atoms with E-state index in [2.05, 4.69) is 21.2 Å². The van der Waals surface area contributed by atoms with E-state index in [0.717, 1.165) is 25.9 Å². The maximum atomic E-state index is 12.6. The number of fused-ring (bicyclic) bond motifs is 1. The van der Waals surface area contributed by atoms with Gasteiger partial charge in [0.1, 0.15) is 10.6 Å². The number of primary amides is 1. The molecular formula is C17H15BrN2O3S. The number of nitrogens with two attached hydrogens (primary N) is 1. The van der Waals surface area contributed by atoms with E-state index in [0.29, 0.717) is 16.1 Å². The second kappa shape index (κ2) is 6.07. The Kier molecular flexibility index (Phi) is 4.23. The van der Waals surface area contributed by atoms with Crippen LogP contribution in [0.15, 0.2) is 27.1 Å². The Labute approximate surface area is 151 Å². The number of aryl methyl sites for hydroxylation is 2. The predicted octanol–water partition coefficient (Wildman–Crippen LogP) is 4.53. The van der Waals surface area contributed by atoms with Crippen LogP contribution in [0.2, 0.25) is 0 Å². The molecule has 0 saturated heterocycles. The highest BCUT2D eigenvalue weighted by molar-refractivity contribution is 9.10. The lowest BCUT2D eigenvalue weighted by Gasteiger charge is -2.04. The van der Waals surface area contributed by atoms with Crippen molar-refractivity contribution in [1.29, 1.82) is 0 Å². The number of rotatable bonds is 3. The molecule has 3 aromatic rings. The van der Waals surface area contributed by atoms with Crippen LogP contribution < -0.4 is 11.1 Å². The molecule has 24 heavy (non-hydrogen) atoms. The first-order valence-corrected chi connectivity index (χ1v) is 8.80. The number of carbonyl (C=O) groups is 2. The molecule has 0 aliphatic heterocycles. The zero-order valence-corrected chi connectivity index (χ0v) is 15.7. The summed E-state index contributed by atoms with van der Waals surface area (Å²) in [5.41, 5.74) is 7.95. The molecule has 124 valence electrons. The van der Waals surface area contributed by atoms with Crippen LogP contribution >= 0.6 is 27.3 Å². The van der Waals surface area contributed by atoms with Gasteiger partial charge >= 0.3 is 0 Å². The SMILES string of the molecule is Cc1sc(NC(=O)c2oc3ccc(Br)cc3c2C)c(C(N)=O)c1C. The fourth-order valence-electron chi connectivity index (χ4n) is 2.58. The molecule has 0 unspecified atom stereocenters. The number of benzene rings is 1. The van der Waals surface area contributed by atoms with E-state index >= 15 is 0 Å². The molecule has 0 aliphatic rings. The molecule has 7 heteroatoms. The summed E-state index contributed by atoms with van der Waals surface area (Å²) in [6.07, 6.45) is 0. The molecule has 3 rings (SSSR count). The molecule has 0 spiro atoms. The summed E-state index contributed by atoms with van der Waals surface area (Å²) in [5.74, 6) is -0.733. The minimum atomic E-state index is -0.558. The van der Waals surface area contributed by atoms with Gasteiger partial charge in [0.05, 0.1) is 5.56 Å². The second-order valence-electron chi connectivity index (χ2n) is 5.50. The lowest BCUT2D eigenvalue weighted by atomic mass is 10.1. The summed E-state index contributed by atoms with van der Waals surface area (Å²) >= 11 is 4.74. The van der Waals surface area contributed by atoms with Gasteiger partial charge in [-0.15, -0.1) is 11.3 Å². The van der Waals surface area contributed by atoms with Crippen molar-refractivity contribution in [1.82, 2.24) is 0 Å². The van der Waals surface area contributed by atoms with E-state index < -0.39 is 11.8 Å². The molecule has 2 aromatic heterocycles. The fourth-order valence-corrected chi connectivity index (χ4v) is 4.00. The van der Waals surface area contributed by atoms with Crippen LogP contribution in [0.1, 0.15) is 36.9 Å². The van der Waals surface area contributed by atoms with Crippen molar-refractivity contribution in [2.45, 2.75) is 20.8 Å². The Morgan fingerprint density at radius 1 is 1.21 bits per heavy atom. The number of hydrogen-bond donors (Lipinski definition) is 2. The van der Waals surface area contributed by atoms with Gasteiger partial charge in [0, 0.05) is 20.3 Å². The molecule has 1 aromatic carbocycles. The number of halogens is 1. The van der Waals surface area contributed by atoms with E-state index in [4.69, 9.17) is 10.2 Å². The maximum absolute atomic E-state index is 12.6. The maximum Gasteiger partial charge on any atom is 0.292 e. The standard InChI is InChI=1S/C17H15BrN2O3S/c1-7-9(3)24-17(13(7)15(19)21)20-16(22)14-8(2)11-6-10(18)4-5-12(11)23-14/h4-6H,1-3H3,(H2,19,21)(H,20,22). The average molecular weight is 407 g/mol. The minimum absolute atomic E-state index is 0.224. The van der Waals surface area contributed by atoms with E-state index in [1.54, 1.807) is 6.07 Å². The van der Waals surface area contributed by atoms with Crippen molar-refractivity contribution in [3.63, 3.8) is 0 Å². The first kappa shape index (κ1) is 16.7. The van der Waals surface area contributed by atoms with E-state index in [9.17, 15) is 9.59 Å². The monoisotopic (exact) mass is 406 g/mol. The summed E-state index contributed by atoms with van der Waals surface area (Å²) in [5, 5.41) is 4.07. The van der Waals surface area contributed by atoms with Crippen molar-refractivity contribution >= 4 is 55.1 Å². The summed E-state index contributed by atoms with van der Waals surface area (Å²) in [4.78, 5) is 25.2. The normalized spacial score (nSPS) is 11.0. The molecule has 0 radical (unpaired) electrons. The van der Waals surface area contributed by atoms with Crippen LogP contribution in [0.5, 0.6) is 0 Å². The van der Waals surface area contributed by atoms with Gasteiger partial charge in [-0.05, 0) is 44.5 Å². The summed E-state index contributed by atoms with van der Waals surface area (Å²) in [6.45, 7) is 5.52. The first-order valence-electron chi connectivity index (χ1n) is 7.19. The van der Waals surface area contributed by atoms with E-state index in [-0.39, 0.29) is 5.76 Å². The number of nitrogens with one attached hydrogen (secondary N) is 1. The number of carbonyl (C=O) groups excluding carboxylic acids is 2. The smallest absolute Gasteiger partial charge is 0.292 e. The predicted molar refractivity (Wildman–Crippen MR) is 98.9 cm³/mol. The lowest BCUT2D eigenvalue weighted by molar-refractivity contribution is 0.0998. The fraction of sp³-hybridized carbons (Fsp3) is 0.176. The van der Waals surface area contributed by atoms with Crippen LogP contribution in [0.3, 0.4) is 0 Å². The highest BCUT2D eigenvalue weighted by Crippen LogP contribution is 2.33. The van der Waals surface area contributed by atoms with Gasteiger partial charge < -0.3 is 15.5 Å². The van der Waals surface area contributed by atoms with Gasteiger partial charge in [0.25, 0.3) is 11.8 Å². The molecule has 0 saturated carbocycles. The van der Waals surface area contributed by atoms with Crippen LogP contribution in [0.4, 0.5) is 5.00 Å². The molecule has 0 atom stereocenters. The second-order valence-corrected chi connectivity index (χ2v) is 7.64. The summed E-state index contributed by atoms with van der Waals surface area (Å²) in [7, 11) is 0. The summed E-state index contributed by atoms with van der Waals surface area (Å²) < 4.78 is 6.59. The van der Waals surface area contributed by atoms with Crippen LogP contribution in [0.25, 0.3) is 11.0 Å². The van der Waals surface area contributed by atoms with Crippen molar-refractivity contribution in [3.8, 4) is 0 Å². The molecule has 2 heterocycles. The van der Waals surface area contributed by atoms with Gasteiger partial charge in [0.2, 0.25) is 0 Å². The third-order valence-electron chi connectivity index (χ3n) is 3.96. The van der Waals surface area contributed by atoms with Crippen molar-refractivity contribution in [2.24, 2.45) is 5.73 Å². The Balaban J connectivity index is 2.01. The zero-order valence-electron chi connectivity index (χ0n) is 13.3. The molecule has 0 aliphatic carbocycles. The number of furan rings is 1. The Hall–Kier alpha value is -2.12. The quantitative estimate of drug-likeness (QED) is 0.669. The van der Waals surface area contributed by atoms with Gasteiger partial charge in [0.15, 0.2) is 5.76 Å². The van der Waals surface area contributed by atoms with Crippen molar-refractivity contribution in [2.75, 3.05) is 5.32 Å². The topological polar surface area (TPSA) is 85.3 Å². The first-order chi connectivity index (χ1) is 11.3. The van der Waals surface area contributed by atoms with E-state index in [1.165, 1.54) is 11.3 Å². The van der Waals surface area contributed by atoms with Gasteiger partial charge in [-0.3, -0.25) is 9.59 Å². The zero-order chi connectivity index (χ0) is 17.6. The molecular weight excluding hydrogens is 392 g/mol. The number of amides is 2. The van der Waals surface area contributed by atoms with Crippen molar-refractivity contribution < 1.29 is 14.0 Å². The number of hydrogen-bond acceptors (Lipinski definition) is 4. The molecule has 3 N–H and O–H groups in total. The number of anilines is 1. The molecule has 2 amide bonds. The molecule has 0 fully saturated rings. The Morgan fingerprint density at radius 3 is 2.58 bits per heavy atom. The third kappa shape index (κ3) is 2.74. The summed E-state index contributed by atoms with van der Waals surface area (Å²) in [6, 6.07) is 5.56. The van der Waals surface area contributed by atoms with Crippen LogP contribution in [0, 0.1) is 20.8 Å². The number of thiophene rings is 1. The highest BCUT2D eigenvalue weighted by atomic mass is 79.9.